The lowest BCUT2D eigenvalue weighted by molar-refractivity contribution is -0.119. The van der Waals surface area contributed by atoms with Crippen molar-refractivity contribution in [1.82, 2.24) is 14.6 Å². The highest BCUT2D eigenvalue weighted by Gasteiger charge is 2.79. The highest BCUT2D eigenvalue weighted by Crippen LogP contribution is 2.66. The van der Waals surface area contributed by atoms with Crippen LogP contribution in [-0.2, 0) is 29.7 Å². The molecule has 15 heteroatoms. The summed E-state index contributed by atoms with van der Waals surface area (Å²) in [5.74, 6) is 0.112. The van der Waals surface area contributed by atoms with Crippen LogP contribution in [0, 0.1) is 10.8 Å². The Morgan fingerprint density at radius 3 is 2.64 bits per heavy atom. The number of aliphatic hydroxyl groups excluding tert-OH is 2. The third-order valence-corrected chi connectivity index (χ3v) is 9.54. The third-order valence-electron chi connectivity index (χ3n) is 6.79. The number of carbonyl (C=O) groups excluding carboxylic acids is 1. The number of nitrogens with one attached hydrogen (secondary N) is 2. The molecule has 2 heterocycles. The van der Waals surface area contributed by atoms with Crippen molar-refractivity contribution in [3.63, 3.8) is 0 Å². The number of alkyl halides is 1. The first-order valence-electron chi connectivity index (χ1n) is 12.2. The van der Waals surface area contributed by atoms with Crippen LogP contribution >= 0.6 is 19.5 Å². The van der Waals surface area contributed by atoms with Crippen LogP contribution < -0.4 is 16.3 Å². The number of hydrogen-bond donors (Lipinski definition) is 4. The summed E-state index contributed by atoms with van der Waals surface area (Å²) in [5, 5.41) is 22.8. The van der Waals surface area contributed by atoms with Gasteiger partial charge in [0.25, 0.3) is 5.56 Å². The number of aliphatic hydroxyl groups is 2. The monoisotopic (exact) mass is 587 g/mol. The minimum atomic E-state index is -4.13. The fourth-order valence-electron chi connectivity index (χ4n) is 4.24. The minimum Gasteiger partial charge on any atom is -0.395 e. The summed E-state index contributed by atoms with van der Waals surface area (Å²) in [6.07, 6.45) is -3.92. The molecule has 2 fully saturated rings. The molecule has 2 aromatic rings. The Morgan fingerprint density at radius 2 is 2.03 bits per heavy atom. The van der Waals surface area contributed by atoms with E-state index in [-0.39, 0.29) is 30.6 Å². The molecule has 214 valence electrons. The summed E-state index contributed by atoms with van der Waals surface area (Å²) in [6.45, 7) is 1.68. The Kier molecular flexibility index (Phi) is 8.98. The number of nitrogens with zero attached hydrogens (tertiary/aromatic N) is 1. The Hall–Kier alpha value is -2.16. The maximum absolute atomic E-state index is 14.4. The molecule has 1 saturated heterocycles. The van der Waals surface area contributed by atoms with Gasteiger partial charge >= 0.3 is 13.4 Å². The van der Waals surface area contributed by atoms with Gasteiger partial charge in [-0.2, -0.15) is 0 Å². The van der Waals surface area contributed by atoms with Gasteiger partial charge in [-0.1, -0.05) is 42.1 Å². The molecule has 1 aromatic heterocycles. The van der Waals surface area contributed by atoms with Gasteiger partial charge < -0.3 is 14.9 Å². The molecule has 6 unspecified atom stereocenters. The van der Waals surface area contributed by atoms with Crippen LogP contribution in [-0.4, -0.2) is 68.8 Å². The van der Waals surface area contributed by atoms with Crippen molar-refractivity contribution in [1.29, 1.82) is 0 Å². The van der Waals surface area contributed by atoms with Gasteiger partial charge in [-0.25, -0.2) is 14.4 Å². The van der Waals surface area contributed by atoms with Crippen LogP contribution in [0.5, 0.6) is 0 Å². The standard InChI is InChI=1S/C24H31FN3O9PS/c1-23(2,14-29)21(32)39-11-10-35-38(34,26-12-15-6-4-3-5-7-15)37-19-18-24(19,13-25)17(31)20(36-18)28-9-8-16(30)27-22(28)33/h3-9,17-20,29,31H,10-14H2,1-2H3,(H,26,34)(H,27,30,33). The number of halogens is 1. The lowest BCUT2D eigenvalue weighted by atomic mass is 9.97. The molecular formula is C24H31FN3O9PS. The molecule has 0 bridgehead atoms. The van der Waals surface area contributed by atoms with Gasteiger partial charge in [-0.3, -0.25) is 32.6 Å². The first-order valence-corrected chi connectivity index (χ1v) is 14.7. The summed E-state index contributed by atoms with van der Waals surface area (Å²) in [5.41, 5.74) is -3.27. The van der Waals surface area contributed by atoms with Crippen LogP contribution in [0.4, 0.5) is 4.39 Å². The number of ether oxygens (including phenoxy) is 1. The Balaban J connectivity index is 1.46. The average Bonchev–Trinajstić information content (AvgIpc) is 3.41. The second-order valence-corrected chi connectivity index (χ2v) is 12.9. The van der Waals surface area contributed by atoms with Gasteiger partial charge in [-0.15, -0.1) is 0 Å². The molecule has 4 rings (SSSR count). The van der Waals surface area contributed by atoms with Gasteiger partial charge in [0.2, 0.25) is 0 Å². The van der Waals surface area contributed by atoms with Crippen LogP contribution in [0.3, 0.4) is 0 Å². The van der Waals surface area contributed by atoms with E-state index in [1.165, 1.54) is 0 Å². The van der Waals surface area contributed by atoms with Crippen LogP contribution in [0.25, 0.3) is 0 Å². The van der Waals surface area contributed by atoms with E-state index in [9.17, 15) is 33.6 Å². The molecule has 1 saturated carbocycles. The van der Waals surface area contributed by atoms with Crippen LogP contribution in [0.1, 0.15) is 25.6 Å². The second kappa shape index (κ2) is 11.8. The van der Waals surface area contributed by atoms with E-state index in [4.69, 9.17) is 13.8 Å². The number of H-pyrrole nitrogens is 1. The maximum Gasteiger partial charge on any atom is 0.406 e. The van der Waals surface area contributed by atoms with E-state index in [0.29, 0.717) is 0 Å². The summed E-state index contributed by atoms with van der Waals surface area (Å²) in [6, 6.07) is 10.0. The summed E-state index contributed by atoms with van der Waals surface area (Å²) >= 11 is 0.908. The number of hydrogen-bond acceptors (Lipinski definition) is 10. The number of benzene rings is 1. The summed E-state index contributed by atoms with van der Waals surface area (Å²) in [7, 11) is -4.13. The molecule has 1 aliphatic heterocycles. The number of fused-ring (bicyclic) bond motifs is 1. The van der Waals surface area contributed by atoms with Gasteiger partial charge in [0.1, 0.15) is 25.0 Å². The van der Waals surface area contributed by atoms with Gasteiger partial charge in [0.05, 0.1) is 24.0 Å². The SMILES string of the molecule is CC(C)(CO)C(=O)SCCOP(=O)(NCc1ccccc1)OC1C2OC(n3ccc(=O)[nH]c3=O)C(O)C21CF. The molecule has 12 nitrogen and oxygen atoms in total. The van der Waals surface area contributed by atoms with E-state index in [0.717, 1.165) is 34.2 Å². The van der Waals surface area contributed by atoms with Crippen molar-refractivity contribution in [3.8, 4) is 0 Å². The number of thioether (sulfide) groups is 1. The van der Waals surface area contributed by atoms with E-state index in [1.54, 1.807) is 38.1 Å². The predicted molar refractivity (Wildman–Crippen MR) is 140 cm³/mol. The lowest BCUT2D eigenvalue weighted by Gasteiger charge is -2.27. The number of carbonyl (C=O) groups is 1. The minimum absolute atomic E-state index is 0.0839. The molecular weight excluding hydrogens is 556 g/mol. The molecule has 0 radical (unpaired) electrons. The summed E-state index contributed by atoms with van der Waals surface area (Å²) in [4.78, 5) is 37.9. The van der Waals surface area contributed by atoms with Gasteiger partial charge in [-0.05, 0) is 19.4 Å². The van der Waals surface area contributed by atoms with Gasteiger partial charge in [0.15, 0.2) is 11.3 Å². The van der Waals surface area contributed by atoms with Crippen molar-refractivity contribution < 1.29 is 37.7 Å². The molecule has 1 aromatic carbocycles. The first kappa shape index (κ1) is 29.8. The Morgan fingerprint density at radius 1 is 1.31 bits per heavy atom. The Bertz CT molecular complexity index is 1340. The van der Waals surface area contributed by atoms with Crippen LogP contribution in [0.2, 0.25) is 0 Å². The van der Waals surface area contributed by atoms with Crippen LogP contribution in [0.15, 0.2) is 52.2 Å². The molecule has 4 N–H and O–H groups in total. The normalized spacial score (nSPS) is 27.6. The second-order valence-electron chi connectivity index (χ2n) is 10.0. The fraction of sp³-hybridized carbons (Fsp3) is 0.542. The summed E-state index contributed by atoms with van der Waals surface area (Å²) < 4.78 is 46.1. The van der Waals surface area contributed by atoms with Crippen molar-refractivity contribution >= 4 is 24.6 Å². The fourth-order valence-corrected chi connectivity index (χ4v) is 6.71. The van der Waals surface area contributed by atoms with Crippen molar-refractivity contribution in [2.45, 2.75) is 44.9 Å². The number of aromatic amines is 1. The zero-order valence-corrected chi connectivity index (χ0v) is 23.0. The number of rotatable bonds is 13. The maximum atomic E-state index is 14.4. The Labute approximate surface area is 227 Å². The predicted octanol–water partition coefficient (Wildman–Crippen LogP) is 1.34. The van der Waals surface area contributed by atoms with Crippen molar-refractivity contribution in [2.24, 2.45) is 10.8 Å². The van der Waals surface area contributed by atoms with Gasteiger partial charge in [0, 0.05) is 24.6 Å². The first-order chi connectivity index (χ1) is 18.5. The highest BCUT2D eigenvalue weighted by molar-refractivity contribution is 8.13. The lowest BCUT2D eigenvalue weighted by Crippen LogP contribution is -2.40. The van der Waals surface area contributed by atoms with E-state index in [1.807, 2.05) is 11.1 Å². The quantitative estimate of drug-likeness (QED) is 0.197. The molecule has 0 amide bonds. The highest BCUT2D eigenvalue weighted by atomic mass is 32.2. The number of aromatic nitrogens is 2. The molecule has 1 aliphatic carbocycles. The topological polar surface area (TPSA) is 169 Å². The van der Waals surface area contributed by atoms with E-state index in [2.05, 4.69) is 5.09 Å². The molecule has 6 atom stereocenters. The van der Waals surface area contributed by atoms with E-state index >= 15 is 0 Å². The zero-order valence-electron chi connectivity index (χ0n) is 21.3. The average molecular weight is 588 g/mol. The van der Waals surface area contributed by atoms with Crippen molar-refractivity contribution in [3.05, 3.63) is 69.0 Å². The smallest absolute Gasteiger partial charge is 0.395 e. The molecule has 39 heavy (non-hydrogen) atoms. The third kappa shape index (κ3) is 6.13. The largest absolute Gasteiger partial charge is 0.406 e. The molecule has 0 spiro atoms. The zero-order chi connectivity index (χ0) is 28.4. The van der Waals surface area contributed by atoms with E-state index < -0.39 is 61.0 Å². The molecule has 2 aliphatic rings. The van der Waals surface area contributed by atoms with Crippen molar-refractivity contribution in [2.75, 3.05) is 25.6 Å².